The van der Waals surface area contributed by atoms with Crippen LogP contribution in [0.15, 0.2) is 18.2 Å². The Morgan fingerprint density at radius 3 is 2.63 bits per heavy atom. The Morgan fingerprint density at radius 2 is 1.97 bits per heavy atom. The van der Waals surface area contributed by atoms with Crippen LogP contribution in [0.1, 0.15) is 48.1 Å². The molecule has 1 amide bonds. The van der Waals surface area contributed by atoms with Crippen molar-refractivity contribution in [2.45, 2.75) is 46.1 Å². The molecule has 0 fully saturated rings. The van der Waals surface area contributed by atoms with Gasteiger partial charge < -0.3 is 16.0 Å². The van der Waals surface area contributed by atoms with Gasteiger partial charge in [0.2, 0.25) is 5.91 Å². The molecule has 3 heterocycles. The van der Waals surface area contributed by atoms with Crippen molar-refractivity contribution >= 4 is 23.2 Å². The van der Waals surface area contributed by atoms with Crippen molar-refractivity contribution in [1.29, 1.82) is 0 Å². The Bertz CT molecular complexity index is 1160. The summed E-state index contributed by atoms with van der Waals surface area (Å²) in [6, 6.07) is 2.94. The Hall–Kier alpha value is -3.37. The molecule has 1 unspecified atom stereocenters. The van der Waals surface area contributed by atoms with Gasteiger partial charge in [0.05, 0.1) is 30.4 Å². The number of aromatic nitrogens is 4. The van der Waals surface area contributed by atoms with E-state index in [2.05, 4.69) is 20.5 Å². The molecule has 11 heteroatoms. The number of nitrogens with zero attached hydrogens (tertiary/aromatic N) is 5. The van der Waals surface area contributed by atoms with Crippen molar-refractivity contribution in [2.24, 2.45) is 0 Å². The van der Waals surface area contributed by atoms with Crippen LogP contribution in [0.4, 0.5) is 24.7 Å². The summed E-state index contributed by atoms with van der Waals surface area (Å²) in [5, 5.41) is 11.3. The molecule has 0 radical (unpaired) electrons. The van der Waals surface area contributed by atoms with Crippen LogP contribution in [-0.2, 0) is 24.1 Å². The van der Waals surface area contributed by atoms with E-state index in [0.29, 0.717) is 36.1 Å². The fraction of sp³-hybridized carbons (Fsp3) is 0.368. The van der Waals surface area contributed by atoms with E-state index in [-0.39, 0.29) is 11.6 Å². The predicted octanol–water partition coefficient (Wildman–Crippen LogP) is 3.07. The second-order valence-electron chi connectivity index (χ2n) is 7.40. The molecule has 0 aliphatic carbocycles. The standard InChI is InChI=1S/C19H20F3N7O/c1-9(12-4-13(19(20,21)22)6-14(23)5-12)24-17-15-7-28(11(3)30)8-16(15)29-10(2)26-27-18(29)25-17/h4-6,9H,7-8,23H2,1-3H3,(H,24,25,27). The highest BCUT2D eigenvalue weighted by Crippen LogP contribution is 2.35. The number of aryl methyl sites for hydroxylation is 1. The number of halogens is 3. The van der Waals surface area contributed by atoms with Crippen molar-refractivity contribution in [2.75, 3.05) is 11.1 Å². The number of amides is 1. The summed E-state index contributed by atoms with van der Waals surface area (Å²) in [5.74, 6) is 1.37. The number of anilines is 2. The van der Waals surface area contributed by atoms with Gasteiger partial charge in [0.15, 0.2) is 0 Å². The van der Waals surface area contributed by atoms with E-state index in [9.17, 15) is 18.0 Å². The molecule has 0 spiro atoms. The molecule has 1 aliphatic heterocycles. The number of alkyl halides is 3. The predicted molar refractivity (Wildman–Crippen MR) is 103 cm³/mol. The number of carbonyl (C=O) groups is 1. The fourth-order valence-corrected chi connectivity index (χ4v) is 3.66. The van der Waals surface area contributed by atoms with Gasteiger partial charge in [-0.15, -0.1) is 10.2 Å². The topological polar surface area (TPSA) is 101 Å². The van der Waals surface area contributed by atoms with E-state index in [1.165, 1.54) is 13.0 Å². The first-order valence-electron chi connectivity index (χ1n) is 9.27. The Kier molecular flexibility index (Phi) is 4.55. The van der Waals surface area contributed by atoms with E-state index in [1.54, 1.807) is 23.1 Å². The summed E-state index contributed by atoms with van der Waals surface area (Å²) >= 11 is 0. The highest BCUT2D eigenvalue weighted by molar-refractivity contribution is 5.75. The first kappa shape index (κ1) is 19.9. The van der Waals surface area contributed by atoms with Crippen LogP contribution in [-0.4, -0.2) is 30.4 Å². The molecule has 0 saturated heterocycles. The van der Waals surface area contributed by atoms with Gasteiger partial charge in [0.1, 0.15) is 11.6 Å². The second kappa shape index (κ2) is 6.85. The molecule has 0 saturated carbocycles. The molecule has 30 heavy (non-hydrogen) atoms. The fourth-order valence-electron chi connectivity index (χ4n) is 3.66. The maximum atomic E-state index is 13.2. The summed E-state index contributed by atoms with van der Waals surface area (Å²) < 4.78 is 41.3. The highest BCUT2D eigenvalue weighted by atomic mass is 19.4. The van der Waals surface area contributed by atoms with Crippen LogP contribution in [0, 0.1) is 6.92 Å². The first-order chi connectivity index (χ1) is 14.0. The van der Waals surface area contributed by atoms with Crippen molar-refractivity contribution in [3.8, 4) is 0 Å². The van der Waals surface area contributed by atoms with Gasteiger partial charge in [0.25, 0.3) is 5.78 Å². The summed E-state index contributed by atoms with van der Waals surface area (Å²) in [5.41, 5.74) is 6.90. The number of benzene rings is 1. The minimum atomic E-state index is -4.50. The molecule has 1 atom stereocenters. The summed E-state index contributed by atoms with van der Waals surface area (Å²) in [4.78, 5) is 18.1. The average Bonchev–Trinajstić information content (AvgIpc) is 3.24. The van der Waals surface area contributed by atoms with Gasteiger partial charge in [-0.1, -0.05) is 0 Å². The molecule has 3 aromatic rings. The van der Waals surface area contributed by atoms with Gasteiger partial charge in [-0.25, -0.2) is 0 Å². The Morgan fingerprint density at radius 1 is 1.23 bits per heavy atom. The molecule has 0 bridgehead atoms. The van der Waals surface area contributed by atoms with Gasteiger partial charge in [0, 0.05) is 18.2 Å². The van der Waals surface area contributed by atoms with Gasteiger partial charge in [-0.2, -0.15) is 18.2 Å². The number of nitrogens with one attached hydrogen (secondary N) is 1. The van der Waals surface area contributed by atoms with Crippen LogP contribution in [0.3, 0.4) is 0 Å². The molecular weight excluding hydrogens is 399 g/mol. The second-order valence-corrected chi connectivity index (χ2v) is 7.40. The first-order valence-corrected chi connectivity index (χ1v) is 9.27. The van der Waals surface area contributed by atoms with E-state index >= 15 is 0 Å². The third-order valence-corrected chi connectivity index (χ3v) is 5.22. The zero-order chi connectivity index (χ0) is 21.8. The molecule has 2 aromatic heterocycles. The zero-order valence-corrected chi connectivity index (χ0v) is 16.6. The quantitative estimate of drug-likeness (QED) is 0.633. The van der Waals surface area contributed by atoms with Crippen LogP contribution in [0.5, 0.6) is 0 Å². The van der Waals surface area contributed by atoms with Gasteiger partial charge >= 0.3 is 6.18 Å². The van der Waals surface area contributed by atoms with E-state index in [1.807, 2.05) is 0 Å². The van der Waals surface area contributed by atoms with Crippen molar-refractivity contribution in [3.05, 3.63) is 46.4 Å². The lowest BCUT2D eigenvalue weighted by Gasteiger charge is -2.19. The monoisotopic (exact) mass is 419 g/mol. The molecule has 158 valence electrons. The van der Waals surface area contributed by atoms with Crippen molar-refractivity contribution < 1.29 is 18.0 Å². The SMILES string of the molecule is CC(=O)N1Cc2c(NC(C)c3cc(N)cc(C(F)(F)F)c3)nc3nnc(C)n3c2C1. The number of hydrogen-bond donors (Lipinski definition) is 2. The molecule has 1 aromatic carbocycles. The number of nitrogens with two attached hydrogens (primary N) is 1. The van der Waals surface area contributed by atoms with Crippen molar-refractivity contribution in [3.63, 3.8) is 0 Å². The lowest BCUT2D eigenvalue weighted by molar-refractivity contribution is -0.137. The Labute approximate surface area is 169 Å². The summed E-state index contributed by atoms with van der Waals surface area (Å²) in [6.07, 6.45) is -4.50. The van der Waals surface area contributed by atoms with Crippen LogP contribution in [0.2, 0.25) is 0 Å². The average molecular weight is 419 g/mol. The van der Waals surface area contributed by atoms with Crippen molar-refractivity contribution in [1.82, 2.24) is 24.5 Å². The van der Waals surface area contributed by atoms with Crippen LogP contribution >= 0.6 is 0 Å². The minimum Gasteiger partial charge on any atom is -0.399 e. The lowest BCUT2D eigenvalue weighted by atomic mass is 10.0. The van der Waals surface area contributed by atoms with Crippen LogP contribution in [0.25, 0.3) is 5.78 Å². The normalized spacial score (nSPS) is 14.8. The largest absolute Gasteiger partial charge is 0.416 e. The molecular formula is C19H20F3N7O. The maximum Gasteiger partial charge on any atom is 0.416 e. The molecule has 1 aliphatic rings. The molecule has 8 nitrogen and oxygen atoms in total. The summed E-state index contributed by atoms with van der Waals surface area (Å²) in [6.45, 7) is 5.71. The van der Waals surface area contributed by atoms with E-state index < -0.39 is 17.8 Å². The number of hydrogen-bond acceptors (Lipinski definition) is 6. The maximum absolute atomic E-state index is 13.2. The third kappa shape index (κ3) is 3.40. The summed E-state index contributed by atoms with van der Waals surface area (Å²) in [7, 11) is 0. The number of nitrogen functional groups attached to an aromatic ring is 1. The van der Waals surface area contributed by atoms with E-state index in [0.717, 1.165) is 23.4 Å². The number of rotatable bonds is 3. The number of carbonyl (C=O) groups excluding carboxylic acids is 1. The third-order valence-electron chi connectivity index (χ3n) is 5.22. The van der Waals surface area contributed by atoms with E-state index in [4.69, 9.17) is 5.73 Å². The van der Waals surface area contributed by atoms with Gasteiger partial charge in [-0.3, -0.25) is 9.20 Å². The van der Waals surface area contributed by atoms with Gasteiger partial charge in [-0.05, 0) is 37.6 Å². The molecule has 3 N–H and O–H groups in total. The Balaban J connectivity index is 1.74. The minimum absolute atomic E-state index is 0.0259. The number of fused-ring (bicyclic) bond motifs is 3. The lowest BCUT2D eigenvalue weighted by Crippen LogP contribution is -2.22. The van der Waals surface area contributed by atoms with Crippen LogP contribution < -0.4 is 11.1 Å². The zero-order valence-electron chi connectivity index (χ0n) is 16.6. The smallest absolute Gasteiger partial charge is 0.399 e. The molecule has 4 rings (SSSR count). The highest BCUT2D eigenvalue weighted by Gasteiger charge is 2.32.